The van der Waals surface area contributed by atoms with Crippen LogP contribution in [0.4, 0.5) is 0 Å². The van der Waals surface area contributed by atoms with Gasteiger partial charge in [-0.1, -0.05) is 12.8 Å². The van der Waals surface area contributed by atoms with Crippen LogP contribution >= 0.6 is 0 Å². The van der Waals surface area contributed by atoms with E-state index >= 15 is 0 Å². The van der Waals surface area contributed by atoms with Gasteiger partial charge in [0.15, 0.2) is 11.9 Å². The van der Waals surface area contributed by atoms with Crippen LogP contribution in [0.5, 0.6) is 0 Å². The molecule has 1 atom stereocenters. The molecule has 0 aliphatic carbocycles. The molecular weight excluding hydrogens is 208 g/mol. The predicted octanol–water partition coefficient (Wildman–Crippen LogP) is 1.80. The molecule has 0 aromatic carbocycles. The lowest BCUT2D eigenvalue weighted by atomic mass is 10.0. The zero-order valence-corrected chi connectivity index (χ0v) is 9.44. The van der Waals surface area contributed by atoms with E-state index in [0.29, 0.717) is 25.7 Å². The number of aldehydes is 1. The molecule has 1 aliphatic heterocycles. The van der Waals surface area contributed by atoms with Crippen molar-refractivity contribution in [1.29, 1.82) is 0 Å². The second-order valence-electron chi connectivity index (χ2n) is 4.10. The van der Waals surface area contributed by atoms with Crippen LogP contribution in [0, 0.1) is 0 Å². The quantitative estimate of drug-likeness (QED) is 0.360. The molecule has 16 heavy (non-hydrogen) atoms. The maximum Gasteiger partial charge on any atom is 0.306 e. The van der Waals surface area contributed by atoms with Crippen molar-refractivity contribution in [2.24, 2.45) is 0 Å². The van der Waals surface area contributed by atoms with Crippen LogP contribution in [0.25, 0.3) is 0 Å². The lowest BCUT2D eigenvalue weighted by Crippen LogP contribution is -2.19. The van der Waals surface area contributed by atoms with Crippen LogP contribution in [0.3, 0.4) is 0 Å². The van der Waals surface area contributed by atoms with Crippen molar-refractivity contribution < 1.29 is 19.1 Å². The average Bonchev–Trinajstić information content (AvgIpc) is 2.70. The van der Waals surface area contributed by atoms with Gasteiger partial charge < -0.3 is 9.53 Å². The molecule has 0 amide bonds. The van der Waals surface area contributed by atoms with Crippen LogP contribution in [-0.4, -0.2) is 24.1 Å². The minimum absolute atomic E-state index is 0.0428. The molecule has 0 radical (unpaired) electrons. The molecule has 4 heteroatoms. The summed E-state index contributed by atoms with van der Waals surface area (Å²) in [5, 5.41) is 0. The Kier molecular flexibility index (Phi) is 5.75. The van der Waals surface area contributed by atoms with Gasteiger partial charge in [0.2, 0.25) is 0 Å². The molecule has 1 unspecified atom stereocenters. The molecule has 1 rings (SSSR count). The number of carbonyl (C=O) groups excluding carboxylic acids is 3. The van der Waals surface area contributed by atoms with Crippen LogP contribution in [-0.2, 0) is 19.1 Å². The second-order valence-corrected chi connectivity index (χ2v) is 4.10. The lowest BCUT2D eigenvalue weighted by Gasteiger charge is -2.07. The van der Waals surface area contributed by atoms with Gasteiger partial charge in [-0.25, -0.2) is 0 Å². The first-order valence-electron chi connectivity index (χ1n) is 5.90. The maximum atomic E-state index is 11.5. The Labute approximate surface area is 95.3 Å². The SMILES string of the molecule is O=CCCCCCCC(=O)C1CCC(=O)O1. The summed E-state index contributed by atoms with van der Waals surface area (Å²) in [4.78, 5) is 32.4. The van der Waals surface area contributed by atoms with Crippen molar-refractivity contribution in [2.45, 2.75) is 57.5 Å². The topological polar surface area (TPSA) is 60.4 Å². The number of rotatable bonds is 8. The van der Waals surface area contributed by atoms with Gasteiger partial charge in [0.05, 0.1) is 0 Å². The van der Waals surface area contributed by atoms with E-state index in [1.807, 2.05) is 0 Å². The maximum absolute atomic E-state index is 11.5. The van der Waals surface area contributed by atoms with Crippen molar-refractivity contribution in [3.05, 3.63) is 0 Å². The zero-order chi connectivity index (χ0) is 11.8. The van der Waals surface area contributed by atoms with Gasteiger partial charge in [0, 0.05) is 25.7 Å². The molecule has 0 N–H and O–H groups in total. The van der Waals surface area contributed by atoms with Gasteiger partial charge in [0.1, 0.15) is 6.29 Å². The second kappa shape index (κ2) is 7.14. The number of ketones is 1. The van der Waals surface area contributed by atoms with Crippen LogP contribution in [0.15, 0.2) is 0 Å². The van der Waals surface area contributed by atoms with Crippen LogP contribution in [0.1, 0.15) is 51.4 Å². The number of ether oxygens (including phenoxy) is 1. The molecule has 90 valence electrons. The van der Waals surface area contributed by atoms with Gasteiger partial charge in [-0.3, -0.25) is 9.59 Å². The molecule has 0 aromatic rings. The van der Waals surface area contributed by atoms with Gasteiger partial charge >= 0.3 is 5.97 Å². The van der Waals surface area contributed by atoms with E-state index in [1.54, 1.807) is 0 Å². The Balaban J connectivity index is 2.02. The molecular formula is C12H18O4. The minimum Gasteiger partial charge on any atom is -0.454 e. The van der Waals surface area contributed by atoms with Crippen LogP contribution < -0.4 is 0 Å². The average molecular weight is 226 g/mol. The van der Waals surface area contributed by atoms with E-state index in [-0.39, 0.29) is 11.8 Å². The third-order valence-electron chi connectivity index (χ3n) is 2.74. The third kappa shape index (κ3) is 4.55. The highest BCUT2D eigenvalue weighted by molar-refractivity contribution is 5.87. The molecule has 0 bridgehead atoms. The Hall–Kier alpha value is -1.19. The number of unbranched alkanes of at least 4 members (excludes halogenated alkanes) is 4. The highest BCUT2D eigenvalue weighted by Crippen LogP contribution is 2.17. The van der Waals surface area contributed by atoms with Gasteiger partial charge in [-0.15, -0.1) is 0 Å². The standard InChI is InChI=1S/C12H18O4/c13-9-5-3-1-2-4-6-10(14)11-7-8-12(15)16-11/h9,11H,1-8H2. The van der Waals surface area contributed by atoms with Gasteiger partial charge in [-0.05, 0) is 12.8 Å². The lowest BCUT2D eigenvalue weighted by molar-refractivity contribution is -0.147. The summed E-state index contributed by atoms with van der Waals surface area (Å²) < 4.78 is 4.88. The summed E-state index contributed by atoms with van der Waals surface area (Å²) >= 11 is 0. The Morgan fingerprint density at radius 1 is 1.31 bits per heavy atom. The number of hydrogen-bond acceptors (Lipinski definition) is 4. The molecule has 1 heterocycles. The number of cyclic esters (lactones) is 1. The molecule has 0 saturated carbocycles. The molecule has 1 saturated heterocycles. The van der Waals surface area contributed by atoms with E-state index in [1.165, 1.54) is 0 Å². The first-order valence-corrected chi connectivity index (χ1v) is 5.90. The molecule has 1 fully saturated rings. The van der Waals surface area contributed by atoms with E-state index < -0.39 is 6.10 Å². The number of esters is 1. The summed E-state index contributed by atoms with van der Waals surface area (Å²) in [7, 11) is 0. The smallest absolute Gasteiger partial charge is 0.306 e. The Morgan fingerprint density at radius 3 is 2.69 bits per heavy atom. The van der Waals surface area contributed by atoms with Crippen molar-refractivity contribution >= 4 is 18.0 Å². The normalized spacial score (nSPS) is 19.5. The minimum atomic E-state index is -0.484. The van der Waals surface area contributed by atoms with E-state index in [4.69, 9.17) is 4.74 Å². The van der Waals surface area contributed by atoms with Crippen molar-refractivity contribution in [3.63, 3.8) is 0 Å². The van der Waals surface area contributed by atoms with Crippen molar-refractivity contribution in [2.75, 3.05) is 0 Å². The third-order valence-corrected chi connectivity index (χ3v) is 2.74. The first kappa shape index (κ1) is 12.9. The number of Topliss-reactive ketones (excluding diaryl/α,β-unsaturated/α-hetero) is 1. The van der Waals surface area contributed by atoms with E-state index in [2.05, 4.69) is 0 Å². The molecule has 1 aliphatic rings. The highest BCUT2D eigenvalue weighted by atomic mass is 16.6. The fourth-order valence-electron chi connectivity index (χ4n) is 1.79. The Morgan fingerprint density at radius 2 is 2.06 bits per heavy atom. The van der Waals surface area contributed by atoms with Crippen molar-refractivity contribution in [3.8, 4) is 0 Å². The zero-order valence-electron chi connectivity index (χ0n) is 9.44. The van der Waals surface area contributed by atoms with Gasteiger partial charge in [-0.2, -0.15) is 0 Å². The fourth-order valence-corrected chi connectivity index (χ4v) is 1.79. The predicted molar refractivity (Wildman–Crippen MR) is 57.9 cm³/mol. The molecule has 4 nitrogen and oxygen atoms in total. The highest BCUT2D eigenvalue weighted by Gasteiger charge is 2.28. The number of hydrogen-bond donors (Lipinski definition) is 0. The largest absolute Gasteiger partial charge is 0.454 e. The number of carbonyl (C=O) groups is 3. The van der Waals surface area contributed by atoms with Gasteiger partial charge in [0.25, 0.3) is 0 Å². The van der Waals surface area contributed by atoms with E-state index in [9.17, 15) is 14.4 Å². The fraction of sp³-hybridized carbons (Fsp3) is 0.750. The summed E-state index contributed by atoms with van der Waals surface area (Å²) in [6, 6.07) is 0. The molecule has 0 aromatic heterocycles. The summed E-state index contributed by atoms with van der Waals surface area (Å²) in [6.07, 6.45) is 6.11. The molecule has 0 spiro atoms. The summed E-state index contributed by atoms with van der Waals surface area (Å²) in [5.74, 6) is -0.217. The monoisotopic (exact) mass is 226 g/mol. The van der Waals surface area contributed by atoms with Crippen molar-refractivity contribution in [1.82, 2.24) is 0 Å². The van der Waals surface area contributed by atoms with E-state index in [0.717, 1.165) is 32.0 Å². The summed E-state index contributed by atoms with van der Waals surface area (Å²) in [6.45, 7) is 0. The first-order chi connectivity index (χ1) is 7.74. The van der Waals surface area contributed by atoms with Crippen LogP contribution in [0.2, 0.25) is 0 Å². The summed E-state index contributed by atoms with van der Waals surface area (Å²) in [5.41, 5.74) is 0. The Bertz CT molecular complexity index is 260.